The van der Waals surface area contributed by atoms with E-state index in [0.29, 0.717) is 24.3 Å². The molecule has 1 aliphatic rings. The Morgan fingerprint density at radius 1 is 1.60 bits per heavy atom. The van der Waals surface area contributed by atoms with Crippen LogP contribution >= 0.6 is 11.6 Å². The number of carbonyl (C=O) groups is 1. The molecular weight excluding hydrogens is 274 g/mol. The molecule has 0 aliphatic heterocycles. The van der Waals surface area contributed by atoms with Gasteiger partial charge in [-0.15, -0.1) is 0 Å². The Hall–Kier alpha value is -1.60. The summed E-state index contributed by atoms with van der Waals surface area (Å²) in [7, 11) is 0. The van der Waals surface area contributed by atoms with E-state index in [1.165, 1.54) is 12.3 Å². The minimum atomic E-state index is -0.738. The van der Waals surface area contributed by atoms with Crippen LogP contribution in [0, 0.1) is 17.2 Å². The molecule has 1 aromatic rings. The summed E-state index contributed by atoms with van der Waals surface area (Å²) in [6, 6.07) is 5.41. The van der Waals surface area contributed by atoms with Crippen molar-refractivity contribution in [1.29, 1.82) is 5.26 Å². The van der Waals surface area contributed by atoms with E-state index in [4.69, 9.17) is 11.6 Å². The van der Waals surface area contributed by atoms with Gasteiger partial charge in [0.05, 0.1) is 6.07 Å². The number of halogens is 1. The predicted molar refractivity (Wildman–Crippen MR) is 77.3 cm³/mol. The van der Waals surface area contributed by atoms with Gasteiger partial charge in [0.25, 0.3) is 5.91 Å². The van der Waals surface area contributed by atoms with Crippen LogP contribution in [-0.4, -0.2) is 16.4 Å². The first kappa shape index (κ1) is 14.8. The molecular formula is C15H18ClN3O. The minimum Gasteiger partial charge on any atom is -0.334 e. The summed E-state index contributed by atoms with van der Waals surface area (Å²) >= 11 is 5.78. The first-order chi connectivity index (χ1) is 9.58. The van der Waals surface area contributed by atoms with Crippen molar-refractivity contribution in [3.05, 3.63) is 29.0 Å². The average Bonchev–Trinajstić information content (AvgIpc) is 2.48. The van der Waals surface area contributed by atoms with Crippen molar-refractivity contribution in [1.82, 2.24) is 10.3 Å². The van der Waals surface area contributed by atoms with Crippen molar-refractivity contribution in [3.8, 4) is 6.07 Å². The van der Waals surface area contributed by atoms with E-state index in [0.717, 1.165) is 19.3 Å². The largest absolute Gasteiger partial charge is 0.334 e. The molecule has 1 fully saturated rings. The van der Waals surface area contributed by atoms with Crippen LogP contribution in [-0.2, 0) is 0 Å². The number of hydrogen-bond acceptors (Lipinski definition) is 3. The molecule has 0 unspecified atom stereocenters. The second kappa shape index (κ2) is 6.23. The highest BCUT2D eigenvalue weighted by atomic mass is 35.5. The van der Waals surface area contributed by atoms with Gasteiger partial charge >= 0.3 is 0 Å². The first-order valence-corrected chi connectivity index (χ1v) is 7.31. The third kappa shape index (κ3) is 3.29. The van der Waals surface area contributed by atoms with Gasteiger partial charge < -0.3 is 5.32 Å². The van der Waals surface area contributed by atoms with Gasteiger partial charge in [-0.3, -0.25) is 4.79 Å². The van der Waals surface area contributed by atoms with E-state index in [-0.39, 0.29) is 11.1 Å². The number of carbonyl (C=O) groups excluding carboxylic acids is 1. The normalized spacial score (nSPS) is 25.8. The Balaban J connectivity index is 2.07. The maximum absolute atomic E-state index is 12.2. The van der Waals surface area contributed by atoms with Crippen molar-refractivity contribution in [2.75, 3.05) is 0 Å². The molecule has 0 atom stereocenters. The molecule has 20 heavy (non-hydrogen) atoms. The molecule has 1 saturated carbocycles. The number of amides is 1. The van der Waals surface area contributed by atoms with Crippen molar-refractivity contribution in [2.45, 2.75) is 44.6 Å². The Morgan fingerprint density at radius 2 is 2.30 bits per heavy atom. The van der Waals surface area contributed by atoms with Gasteiger partial charge in [-0.2, -0.15) is 5.26 Å². The number of hydrogen-bond donors (Lipinski definition) is 1. The Morgan fingerprint density at radius 3 is 2.85 bits per heavy atom. The van der Waals surface area contributed by atoms with E-state index in [1.54, 1.807) is 6.07 Å². The monoisotopic (exact) mass is 291 g/mol. The number of nitriles is 1. The Kier molecular flexibility index (Phi) is 4.61. The number of aromatic nitrogens is 1. The zero-order valence-corrected chi connectivity index (χ0v) is 12.3. The van der Waals surface area contributed by atoms with Gasteiger partial charge in [0.15, 0.2) is 0 Å². The van der Waals surface area contributed by atoms with Crippen molar-refractivity contribution in [2.24, 2.45) is 5.92 Å². The molecule has 5 heteroatoms. The molecule has 1 amide bonds. The summed E-state index contributed by atoms with van der Waals surface area (Å²) in [6.45, 7) is 2.17. The smallest absolute Gasteiger partial charge is 0.252 e. The number of rotatable bonds is 3. The summed E-state index contributed by atoms with van der Waals surface area (Å²) in [4.78, 5) is 16.1. The maximum atomic E-state index is 12.2. The molecule has 2 rings (SSSR count). The lowest BCUT2D eigenvalue weighted by Gasteiger charge is -2.35. The fourth-order valence-electron chi connectivity index (χ4n) is 2.68. The quantitative estimate of drug-likeness (QED) is 0.869. The summed E-state index contributed by atoms with van der Waals surface area (Å²) in [5.41, 5.74) is -0.296. The van der Waals surface area contributed by atoms with Gasteiger partial charge in [0, 0.05) is 11.8 Å². The van der Waals surface area contributed by atoms with Crippen LogP contribution in [0.3, 0.4) is 0 Å². The molecule has 4 nitrogen and oxygen atoms in total. The van der Waals surface area contributed by atoms with Gasteiger partial charge in [-0.25, -0.2) is 4.98 Å². The van der Waals surface area contributed by atoms with E-state index in [2.05, 4.69) is 23.3 Å². The van der Waals surface area contributed by atoms with Crippen LogP contribution in [0.4, 0.5) is 0 Å². The molecule has 0 saturated heterocycles. The van der Waals surface area contributed by atoms with E-state index >= 15 is 0 Å². The molecule has 0 bridgehead atoms. The molecule has 1 aliphatic carbocycles. The third-order valence-corrected chi connectivity index (χ3v) is 4.30. The Labute approximate surface area is 124 Å². The molecule has 106 valence electrons. The van der Waals surface area contributed by atoms with Crippen LogP contribution < -0.4 is 5.32 Å². The molecule has 0 radical (unpaired) electrons. The predicted octanol–water partition coefficient (Wildman–Crippen LogP) is 3.33. The third-order valence-electron chi connectivity index (χ3n) is 4.09. The minimum absolute atomic E-state index is 0.259. The standard InChI is InChI=1S/C15H18ClN3O/c1-2-11-3-6-15(10-17,7-4-11)19-14(20)12-5-8-18-13(16)9-12/h5,8-9,11H,2-4,6-7H2,1H3,(H,19,20). The summed E-state index contributed by atoms with van der Waals surface area (Å²) in [5, 5.41) is 12.6. The SMILES string of the molecule is CCC1CCC(C#N)(NC(=O)c2ccnc(Cl)c2)CC1. The zero-order valence-electron chi connectivity index (χ0n) is 11.5. The van der Waals surface area contributed by atoms with Crippen LogP contribution in [0.25, 0.3) is 0 Å². The Bertz CT molecular complexity index is 530. The zero-order chi connectivity index (χ0) is 14.6. The highest BCUT2D eigenvalue weighted by molar-refractivity contribution is 6.29. The fraction of sp³-hybridized carbons (Fsp3) is 0.533. The molecule has 0 spiro atoms. The van der Waals surface area contributed by atoms with E-state index < -0.39 is 5.54 Å². The van der Waals surface area contributed by atoms with Crippen LogP contribution in [0.1, 0.15) is 49.4 Å². The van der Waals surface area contributed by atoms with Crippen LogP contribution in [0.5, 0.6) is 0 Å². The number of nitrogens with zero attached hydrogens (tertiary/aromatic N) is 2. The lowest BCUT2D eigenvalue weighted by atomic mass is 9.76. The highest BCUT2D eigenvalue weighted by Crippen LogP contribution is 2.33. The molecule has 1 aromatic heterocycles. The second-order valence-corrected chi connectivity index (χ2v) is 5.75. The fourth-order valence-corrected chi connectivity index (χ4v) is 2.85. The van der Waals surface area contributed by atoms with E-state index in [9.17, 15) is 10.1 Å². The molecule has 1 N–H and O–H groups in total. The van der Waals surface area contributed by atoms with Crippen molar-refractivity contribution in [3.63, 3.8) is 0 Å². The highest BCUT2D eigenvalue weighted by Gasteiger charge is 2.36. The van der Waals surface area contributed by atoms with Crippen LogP contribution in [0.15, 0.2) is 18.3 Å². The summed E-state index contributed by atoms with van der Waals surface area (Å²) in [6.07, 6.45) is 6.03. The molecule has 0 aromatic carbocycles. The lowest BCUT2D eigenvalue weighted by Crippen LogP contribution is -2.49. The lowest BCUT2D eigenvalue weighted by molar-refractivity contribution is 0.0891. The van der Waals surface area contributed by atoms with Gasteiger partial charge in [0.2, 0.25) is 0 Å². The van der Waals surface area contributed by atoms with Crippen molar-refractivity contribution < 1.29 is 4.79 Å². The van der Waals surface area contributed by atoms with Gasteiger partial charge in [0.1, 0.15) is 10.7 Å². The molecule has 1 heterocycles. The number of nitrogens with one attached hydrogen (secondary N) is 1. The average molecular weight is 292 g/mol. The maximum Gasteiger partial charge on any atom is 0.252 e. The second-order valence-electron chi connectivity index (χ2n) is 5.37. The first-order valence-electron chi connectivity index (χ1n) is 6.94. The number of pyridine rings is 1. The summed E-state index contributed by atoms with van der Waals surface area (Å²) < 4.78 is 0. The van der Waals surface area contributed by atoms with Crippen molar-refractivity contribution >= 4 is 17.5 Å². The summed E-state index contributed by atoms with van der Waals surface area (Å²) in [5.74, 6) is 0.412. The van der Waals surface area contributed by atoms with E-state index in [1.807, 2.05) is 0 Å². The topological polar surface area (TPSA) is 65.8 Å². The van der Waals surface area contributed by atoms with Gasteiger partial charge in [-0.1, -0.05) is 24.9 Å². The van der Waals surface area contributed by atoms with Gasteiger partial charge in [-0.05, 0) is 43.7 Å². The van der Waals surface area contributed by atoms with Crippen LogP contribution in [0.2, 0.25) is 5.15 Å².